The van der Waals surface area contributed by atoms with Gasteiger partial charge in [-0.3, -0.25) is 4.79 Å². The van der Waals surface area contributed by atoms with Crippen molar-refractivity contribution in [1.82, 2.24) is 4.98 Å². The van der Waals surface area contributed by atoms with Crippen LogP contribution in [-0.4, -0.2) is 22.2 Å². The first-order chi connectivity index (χ1) is 6.18. The van der Waals surface area contributed by atoms with E-state index in [0.717, 1.165) is 0 Å². The standard InChI is InChI=1S/C9H11NO3/c1-7(6-9(11)12)13-8-4-2-3-5-10-8/h2-5,7H,6H2,1H3,(H,11,12). The summed E-state index contributed by atoms with van der Waals surface area (Å²) in [5.41, 5.74) is 0. The van der Waals surface area contributed by atoms with Crippen molar-refractivity contribution in [2.45, 2.75) is 19.4 Å². The molecule has 0 aliphatic rings. The van der Waals surface area contributed by atoms with Gasteiger partial charge in [0.25, 0.3) is 0 Å². The second kappa shape index (κ2) is 4.45. The third-order valence-corrected chi connectivity index (χ3v) is 1.42. The van der Waals surface area contributed by atoms with Gasteiger partial charge in [0.05, 0.1) is 6.42 Å². The summed E-state index contributed by atoms with van der Waals surface area (Å²) in [6.07, 6.45) is 1.23. The van der Waals surface area contributed by atoms with E-state index in [-0.39, 0.29) is 12.5 Å². The third kappa shape index (κ3) is 3.55. The molecule has 0 aliphatic heterocycles. The molecule has 1 aromatic rings. The summed E-state index contributed by atoms with van der Waals surface area (Å²) < 4.78 is 5.23. The first-order valence-electron chi connectivity index (χ1n) is 3.98. The monoisotopic (exact) mass is 181 g/mol. The molecule has 0 bridgehead atoms. The van der Waals surface area contributed by atoms with Crippen molar-refractivity contribution in [2.24, 2.45) is 0 Å². The maximum Gasteiger partial charge on any atom is 0.307 e. The molecule has 4 heteroatoms. The lowest BCUT2D eigenvalue weighted by Gasteiger charge is -2.10. The summed E-state index contributed by atoms with van der Waals surface area (Å²) in [5, 5.41) is 8.46. The molecular formula is C9H11NO3. The molecule has 1 rings (SSSR count). The molecule has 1 atom stereocenters. The van der Waals surface area contributed by atoms with Crippen molar-refractivity contribution >= 4 is 5.97 Å². The summed E-state index contributed by atoms with van der Waals surface area (Å²) in [7, 11) is 0. The number of ether oxygens (including phenoxy) is 1. The van der Waals surface area contributed by atoms with Gasteiger partial charge in [-0.15, -0.1) is 0 Å². The van der Waals surface area contributed by atoms with Crippen LogP contribution >= 0.6 is 0 Å². The van der Waals surface area contributed by atoms with E-state index in [4.69, 9.17) is 9.84 Å². The van der Waals surface area contributed by atoms with Gasteiger partial charge in [0.15, 0.2) is 0 Å². The lowest BCUT2D eigenvalue weighted by Crippen LogP contribution is -2.16. The molecule has 0 aliphatic carbocycles. The SMILES string of the molecule is CC(CC(=O)O)Oc1ccccn1. The summed E-state index contributed by atoms with van der Waals surface area (Å²) in [6, 6.07) is 5.25. The van der Waals surface area contributed by atoms with Gasteiger partial charge in [0.1, 0.15) is 6.10 Å². The number of nitrogens with zero attached hydrogens (tertiary/aromatic N) is 1. The molecular weight excluding hydrogens is 170 g/mol. The highest BCUT2D eigenvalue weighted by Gasteiger charge is 2.08. The van der Waals surface area contributed by atoms with Crippen LogP contribution in [0.1, 0.15) is 13.3 Å². The number of aromatic nitrogens is 1. The van der Waals surface area contributed by atoms with Crippen molar-refractivity contribution < 1.29 is 14.6 Å². The molecule has 0 fully saturated rings. The van der Waals surface area contributed by atoms with Crippen LogP contribution in [0.2, 0.25) is 0 Å². The fourth-order valence-electron chi connectivity index (χ4n) is 0.911. The predicted octanol–water partition coefficient (Wildman–Crippen LogP) is 1.32. The van der Waals surface area contributed by atoms with E-state index in [1.807, 2.05) is 0 Å². The van der Waals surface area contributed by atoms with E-state index in [0.29, 0.717) is 5.88 Å². The summed E-state index contributed by atoms with van der Waals surface area (Å²) in [6.45, 7) is 1.70. The van der Waals surface area contributed by atoms with Crippen molar-refractivity contribution in [3.05, 3.63) is 24.4 Å². The van der Waals surface area contributed by atoms with Crippen LogP contribution in [0.4, 0.5) is 0 Å². The molecule has 1 heterocycles. The minimum absolute atomic E-state index is 0.0173. The highest BCUT2D eigenvalue weighted by atomic mass is 16.5. The Morgan fingerprint density at radius 1 is 1.69 bits per heavy atom. The lowest BCUT2D eigenvalue weighted by atomic mass is 10.3. The molecule has 13 heavy (non-hydrogen) atoms. The highest BCUT2D eigenvalue weighted by Crippen LogP contribution is 2.07. The van der Waals surface area contributed by atoms with E-state index in [2.05, 4.69) is 4.98 Å². The highest BCUT2D eigenvalue weighted by molar-refractivity contribution is 5.67. The summed E-state index contributed by atoms with van der Waals surface area (Å²) in [5.74, 6) is -0.417. The lowest BCUT2D eigenvalue weighted by molar-refractivity contribution is -0.138. The fourth-order valence-corrected chi connectivity index (χ4v) is 0.911. The summed E-state index contributed by atoms with van der Waals surface area (Å²) >= 11 is 0. The van der Waals surface area contributed by atoms with Crippen LogP contribution in [0.5, 0.6) is 5.88 Å². The Morgan fingerprint density at radius 3 is 3.00 bits per heavy atom. The van der Waals surface area contributed by atoms with Crippen molar-refractivity contribution in [3.8, 4) is 5.88 Å². The molecule has 0 saturated carbocycles. The Bertz CT molecular complexity index is 273. The maximum absolute atomic E-state index is 10.3. The summed E-state index contributed by atoms with van der Waals surface area (Å²) in [4.78, 5) is 14.2. The molecule has 0 aromatic carbocycles. The van der Waals surface area contributed by atoms with Crippen molar-refractivity contribution in [3.63, 3.8) is 0 Å². The van der Waals surface area contributed by atoms with Gasteiger partial charge in [-0.2, -0.15) is 0 Å². The molecule has 70 valence electrons. The van der Waals surface area contributed by atoms with Gasteiger partial charge in [0.2, 0.25) is 5.88 Å². The normalized spacial score (nSPS) is 12.1. The van der Waals surface area contributed by atoms with Crippen LogP contribution in [0.3, 0.4) is 0 Å². The number of hydrogen-bond acceptors (Lipinski definition) is 3. The number of carboxylic acids is 1. The quantitative estimate of drug-likeness (QED) is 0.761. The predicted molar refractivity (Wildman–Crippen MR) is 46.6 cm³/mol. The topological polar surface area (TPSA) is 59.4 Å². The zero-order chi connectivity index (χ0) is 9.68. The van der Waals surface area contributed by atoms with Crippen LogP contribution in [0.15, 0.2) is 24.4 Å². The van der Waals surface area contributed by atoms with Crippen LogP contribution in [-0.2, 0) is 4.79 Å². The number of pyridine rings is 1. The number of hydrogen-bond donors (Lipinski definition) is 1. The van der Waals surface area contributed by atoms with Gasteiger partial charge >= 0.3 is 5.97 Å². The molecule has 0 spiro atoms. The second-order valence-electron chi connectivity index (χ2n) is 2.69. The third-order valence-electron chi connectivity index (χ3n) is 1.42. The Balaban J connectivity index is 2.45. The Labute approximate surface area is 76.2 Å². The van der Waals surface area contributed by atoms with Crippen LogP contribution in [0.25, 0.3) is 0 Å². The van der Waals surface area contributed by atoms with Crippen molar-refractivity contribution in [2.75, 3.05) is 0 Å². The van der Waals surface area contributed by atoms with E-state index in [1.54, 1.807) is 31.3 Å². The molecule has 1 unspecified atom stereocenters. The second-order valence-corrected chi connectivity index (χ2v) is 2.69. The molecule has 1 N–H and O–H groups in total. The van der Waals surface area contributed by atoms with Crippen molar-refractivity contribution in [1.29, 1.82) is 0 Å². The number of carboxylic acid groups (broad SMARTS) is 1. The largest absolute Gasteiger partial charge is 0.481 e. The molecule has 1 aromatic heterocycles. The molecule has 4 nitrogen and oxygen atoms in total. The Morgan fingerprint density at radius 2 is 2.46 bits per heavy atom. The van der Waals surface area contributed by atoms with E-state index >= 15 is 0 Å². The van der Waals surface area contributed by atoms with Gasteiger partial charge < -0.3 is 9.84 Å². The number of aliphatic carboxylic acids is 1. The average molecular weight is 181 g/mol. The van der Waals surface area contributed by atoms with Crippen LogP contribution < -0.4 is 4.74 Å². The van der Waals surface area contributed by atoms with Crippen LogP contribution in [0, 0.1) is 0 Å². The average Bonchev–Trinajstić information content (AvgIpc) is 2.04. The zero-order valence-electron chi connectivity index (χ0n) is 7.30. The minimum atomic E-state index is -0.872. The smallest absolute Gasteiger partial charge is 0.307 e. The van der Waals surface area contributed by atoms with Gasteiger partial charge in [0, 0.05) is 12.3 Å². The first kappa shape index (κ1) is 9.51. The Kier molecular flexibility index (Phi) is 3.25. The fraction of sp³-hybridized carbons (Fsp3) is 0.333. The van der Waals surface area contributed by atoms with E-state index in [1.165, 1.54) is 0 Å². The van der Waals surface area contributed by atoms with Gasteiger partial charge in [-0.1, -0.05) is 6.07 Å². The minimum Gasteiger partial charge on any atom is -0.481 e. The van der Waals surface area contributed by atoms with E-state index in [9.17, 15) is 4.79 Å². The first-order valence-corrected chi connectivity index (χ1v) is 3.98. The zero-order valence-corrected chi connectivity index (χ0v) is 7.30. The maximum atomic E-state index is 10.3. The van der Waals surface area contributed by atoms with E-state index < -0.39 is 5.97 Å². The molecule has 0 saturated heterocycles. The number of rotatable bonds is 4. The molecule has 0 amide bonds. The van der Waals surface area contributed by atoms with Gasteiger partial charge in [-0.25, -0.2) is 4.98 Å². The molecule has 0 radical (unpaired) electrons. The van der Waals surface area contributed by atoms with Gasteiger partial charge in [-0.05, 0) is 13.0 Å². The number of carbonyl (C=O) groups is 1. The Hall–Kier alpha value is -1.58.